The molecular weight excluding hydrogens is 518 g/mol. The van der Waals surface area contributed by atoms with E-state index in [0.29, 0.717) is 53.7 Å². The summed E-state index contributed by atoms with van der Waals surface area (Å²) in [5, 5.41) is 3.63. The smallest absolute Gasteiger partial charge is 0.337 e. The Kier molecular flexibility index (Phi) is 9.45. The van der Waals surface area contributed by atoms with Gasteiger partial charge in [-0.05, 0) is 31.0 Å². The Morgan fingerprint density at radius 2 is 1.82 bits per heavy atom. The number of hydrogen-bond acceptors (Lipinski definition) is 8. The van der Waals surface area contributed by atoms with Crippen LogP contribution in [0.5, 0.6) is 0 Å². The van der Waals surface area contributed by atoms with Crippen LogP contribution in [0.2, 0.25) is 5.02 Å². The zero-order valence-electron chi connectivity index (χ0n) is 22.7. The maximum absolute atomic E-state index is 14.1. The molecule has 8 nitrogen and oxygen atoms in total. The first-order valence-electron chi connectivity index (χ1n) is 13.1. The lowest BCUT2D eigenvalue weighted by Crippen LogP contribution is -2.40. The van der Waals surface area contributed by atoms with Gasteiger partial charge in [-0.1, -0.05) is 60.1 Å². The fraction of sp³-hybridized carbons (Fsp3) is 0.400. The van der Waals surface area contributed by atoms with Crippen LogP contribution in [0.4, 0.5) is 0 Å². The number of allylic oxidation sites excluding steroid dienone is 1. The molecule has 2 atom stereocenters. The summed E-state index contributed by atoms with van der Waals surface area (Å²) >= 11 is 6.63. The van der Waals surface area contributed by atoms with Gasteiger partial charge in [0.1, 0.15) is 5.60 Å². The molecule has 3 N–H and O–H groups in total. The molecule has 0 aromatic heterocycles. The van der Waals surface area contributed by atoms with Crippen LogP contribution < -0.4 is 11.1 Å². The summed E-state index contributed by atoms with van der Waals surface area (Å²) in [6.07, 6.45) is 0.681. The van der Waals surface area contributed by atoms with Crippen molar-refractivity contribution in [2.75, 3.05) is 40.0 Å². The topological polar surface area (TPSA) is 103 Å². The van der Waals surface area contributed by atoms with E-state index in [-0.39, 0.29) is 12.2 Å². The number of benzene rings is 2. The number of dihydropyridines is 1. The highest BCUT2D eigenvalue weighted by Gasteiger charge is 2.43. The molecule has 0 amide bonds. The molecule has 0 bridgehead atoms. The standard InChI is InChI=1S/C30H36ClN3O5/c1-20-25(28(35)37-3)26(22-11-7-8-12-23(22)31)27(24(33-20)18-38-16-14-32)29(36)39-30(2)13-15-34(19-30)17-21-9-5-4-6-10-21/h4-12,26,33H,13-19,32H2,1-3H3/t26?,30-/m0/s1. The molecular formula is C30H36ClN3O5. The highest BCUT2D eigenvalue weighted by molar-refractivity contribution is 6.31. The molecule has 1 saturated heterocycles. The zero-order valence-corrected chi connectivity index (χ0v) is 23.4. The third-order valence-corrected chi connectivity index (χ3v) is 7.44. The Morgan fingerprint density at radius 3 is 2.51 bits per heavy atom. The molecule has 208 valence electrons. The van der Waals surface area contributed by atoms with E-state index in [4.69, 9.17) is 31.5 Å². The van der Waals surface area contributed by atoms with Crippen molar-refractivity contribution < 1.29 is 23.8 Å². The Bertz CT molecular complexity index is 1260. The quantitative estimate of drug-likeness (QED) is 0.337. The lowest BCUT2D eigenvalue weighted by atomic mass is 9.80. The number of methoxy groups -OCH3 is 1. The number of esters is 2. The Morgan fingerprint density at radius 1 is 1.10 bits per heavy atom. The average molecular weight is 554 g/mol. The summed E-state index contributed by atoms with van der Waals surface area (Å²) in [5.74, 6) is -1.89. The summed E-state index contributed by atoms with van der Waals surface area (Å²) in [5.41, 5.74) is 8.35. The number of ether oxygens (including phenoxy) is 3. The van der Waals surface area contributed by atoms with Crippen molar-refractivity contribution >= 4 is 23.5 Å². The molecule has 2 aromatic rings. The molecule has 1 unspecified atom stereocenters. The molecule has 2 aliphatic rings. The van der Waals surface area contributed by atoms with Gasteiger partial charge in [0.25, 0.3) is 0 Å². The number of nitrogens with zero attached hydrogens (tertiary/aromatic N) is 1. The first-order valence-corrected chi connectivity index (χ1v) is 13.4. The second-order valence-electron chi connectivity index (χ2n) is 10.1. The van der Waals surface area contributed by atoms with E-state index >= 15 is 0 Å². The van der Waals surface area contributed by atoms with Crippen LogP contribution in [0, 0.1) is 0 Å². The number of likely N-dealkylation sites (tertiary alicyclic amines) is 1. The minimum Gasteiger partial charge on any atom is -0.466 e. The lowest BCUT2D eigenvalue weighted by Gasteiger charge is -2.34. The van der Waals surface area contributed by atoms with Crippen LogP contribution in [-0.4, -0.2) is 62.4 Å². The van der Waals surface area contributed by atoms with E-state index in [1.54, 1.807) is 25.1 Å². The largest absolute Gasteiger partial charge is 0.466 e. The maximum atomic E-state index is 14.1. The van der Waals surface area contributed by atoms with E-state index in [1.165, 1.54) is 12.7 Å². The lowest BCUT2D eigenvalue weighted by molar-refractivity contribution is -0.152. The predicted octanol–water partition coefficient (Wildman–Crippen LogP) is 3.91. The number of nitrogens with one attached hydrogen (secondary N) is 1. The van der Waals surface area contributed by atoms with Crippen LogP contribution in [0.3, 0.4) is 0 Å². The first-order chi connectivity index (χ1) is 18.8. The number of rotatable bonds is 10. The summed E-state index contributed by atoms with van der Waals surface area (Å²) in [6, 6.07) is 17.4. The summed E-state index contributed by atoms with van der Waals surface area (Å²) in [4.78, 5) is 29.4. The van der Waals surface area contributed by atoms with Gasteiger partial charge in [-0.2, -0.15) is 0 Å². The minimum atomic E-state index is -0.804. The monoisotopic (exact) mass is 553 g/mol. The van der Waals surface area contributed by atoms with Crippen molar-refractivity contribution in [3.8, 4) is 0 Å². The van der Waals surface area contributed by atoms with Crippen LogP contribution in [0.25, 0.3) is 0 Å². The van der Waals surface area contributed by atoms with Gasteiger partial charge in [-0.3, -0.25) is 4.90 Å². The number of halogens is 1. The number of nitrogens with two attached hydrogens (primary N) is 1. The van der Waals surface area contributed by atoms with Crippen molar-refractivity contribution in [3.05, 3.63) is 93.3 Å². The second kappa shape index (κ2) is 12.8. The highest BCUT2D eigenvalue weighted by Crippen LogP contribution is 2.42. The van der Waals surface area contributed by atoms with E-state index in [9.17, 15) is 9.59 Å². The molecule has 9 heteroatoms. The Labute approximate surface area is 234 Å². The average Bonchev–Trinajstić information content (AvgIpc) is 3.28. The minimum absolute atomic E-state index is 0.0885. The van der Waals surface area contributed by atoms with Crippen molar-refractivity contribution in [2.24, 2.45) is 5.73 Å². The molecule has 39 heavy (non-hydrogen) atoms. The normalized spacial score (nSPS) is 21.6. The zero-order chi connectivity index (χ0) is 28.0. The summed E-state index contributed by atoms with van der Waals surface area (Å²) in [6.45, 7) is 6.59. The van der Waals surface area contributed by atoms with Gasteiger partial charge < -0.3 is 25.3 Å². The molecule has 2 heterocycles. The maximum Gasteiger partial charge on any atom is 0.337 e. The van der Waals surface area contributed by atoms with E-state index in [2.05, 4.69) is 22.3 Å². The summed E-state index contributed by atoms with van der Waals surface area (Å²) < 4.78 is 17.1. The molecule has 0 saturated carbocycles. The molecule has 2 aromatic carbocycles. The fourth-order valence-corrected chi connectivity index (χ4v) is 5.52. The number of hydrogen-bond donors (Lipinski definition) is 2. The van der Waals surface area contributed by atoms with Gasteiger partial charge in [0.2, 0.25) is 0 Å². The predicted molar refractivity (Wildman–Crippen MR) is 150 cm³/mol. The van der Waals surface area contributed by atoms with Gasteiger partial charge in [-0.15, -0.1) is 0 Å². The van der Waals surface area contributed by atoms with Crippen LogP contribution in [-0.2, 0) is 30.3 Å². The van der Waals surface area contributed by atoms with Crippen LogP contribution in [0.1, 0.15) is 37.3 Å². The van der Waals surface area contributed by atoms with Gasteiger partial charge in [0.05, 0.1) is 43.1 Å². The molecule has 0 spiro atoms. The molecule has 0 radical (unpaired) electrons. The summed E-state index contributed by atoms with van der Waals surface area (Å²) in [7, 11) is 1.31. The first kappa shape index (κ1) is 28.8. The van der Waals surface area contributed by atoms with Gasteiger partial charge in [-0.25, -0.2) is 9.59 Å². The van der Waals surface area contributed by atoms with E-state index in [0.717, 1.165) is 13.1 Å². The van der Waals surface area contributed by atoms with Crippen LogP contribution >= 0.6 is 11.6 Å². The molecule has 4 rings (SSSR count). The third-order valence-electron chi connectivity index (χ3n) is 7.10. The number of carbonyl (C=O) groups excluding carboxylic acids is 2. The third kappa shape index (κ3) is 6.70. The van der Waals surface area contributed by atoms with Crippen molar-refractivity contribution in [2.45, 2.75) is 38.3 Å². The molecule has 0 aliphatic carbocycles. The highest BCUT2D eigenvalue weighted by atomic mass is 35.5. The number of carbonyl (C=O) groups is 2. The van der Waals surface area contributed by atoms with Crippen molar-refractivity contribution in [3.63, 3.8) is 0 Å². The van der Waals surface area contributed by atoms with Gasteiger partial charge in [0.15, 0.2) is 0 Å². The van der Waals surface area contributed by atoms with Crippen molar-refractivity contribution in [1.82, 2.24) is 10.2 Å². The second-order valence-corrected chi connectivity index (χ2v) is 10.5. The van der Waals surface area contributed by atoms with Crippen LogP contribution in [0.15, 0.2) is 77.1 Å². The molecule has 2 aliphatic heterocycles. The van der Waals surface area contributed by atoms with Gasteiger partial charge >= 0.3 is 11.9 Å². The molecule has 1 fully saturated rings. The Balaban J connectivity index is 1.68. The Hall–Kier alpha value is -3.17. The SMILES string of the molecule is COC(=O)C1=C(C)NC(COCCN)=C(C(=O)O[C@@]2(C)CCN(Cc3ccccc3)C2)C1c1ccccc1Cl. The van der Waals surface area contributed by atoms with Gasteiger partial charge in [0, 0.05) is 43.3 Å². The van der Waals surface area contributed by atoms with E-state index < -0.39 is 23.5 Å². The van der Waals surface area contributed by atoms with Crippen molar-refractivity contribution in [1.29, 1.82) is 0 Å². The van der Waals surface area contributed by atoms with E-state index in [1.807, 2.05) is 31.2 Å². The fourth-order valence-electron chi connectivity index (χ4n) is 5.27.